The number of piperidine rings is 1. The van der Waals surface area contributed by atoms with Gasteiger partial charge >= 0.3 is 5.97 Å². The Labute approximate surface area is 146 Å². The van der Waals surface area contributed by atoms with Crippen molar-refractivity contribution in [1.82, 2.24) is 15.1 Å². The van der Waals surface area contributed by atoms with Crippen LogP contribution < -0.4 is 10.6 Å². The lowest BCUT2D eigenvalue weighted by Gasteiger charge is -2.22. The Morgan fingerprint density at radius 3 is 2.88 bits per heavy atom. The van der Waals surface area contributed by atoms with E-state index in [-0.39, 0.29) is 11.9 Å². The molecule has 1 saturated heterocycles. The van der Waals surface area contributed by atoms with Gasteiger partial charge in [0.2, 0.25) is 0 Å². The topological polar surface area (TPSA) is 85.2 Å². The number of methoxy groups -OCH3 is 1. The molecule has 2 heterocycles. The third kappa shape index (κ3) is 3.88. The largest absolute Gasteiger partial charge is 0.465 e. The first kappa shape index (κ1) is 17.2. The molecule has 1 aliphatic rings. The molecule has 1 atom stereocenters. The maximum atomic E-state index is 12.4. The van der Waals surface area contributed by atoms with Gasteiger partial charge in [0.25, 0.3) is 5.91 Å². The van der Waals surface area contributed by atoms with E-state index in [1.165, 1.54) is 7.11 Å². The standard InChI is InChI=1S/C18H22N4O3/c1-12-10-13(5-6-15(12)18(24)25-2)20-17(23)16-7-9-22(21-16)14-4-3-8-19-11-14/h5-7,9-10,14,19H,3-4,8,11H2,1-2H3,(H,20,23). The number of nitrogens with one attached hydrogen (secondary N) is 2. The van der Waals surface area contributed by atoms with Crippen LogP contribution in [0.5, 0.6) is 0 Å². The molecule has 2 N–H and O–H groups in total. The third-order valence-electron chi connectivity index (χ3n) is 4.38. The van der Waals surface area contributed by atoms with Crippen LogP contribution in [0.15, 0.2) is 30.5 Å². The van der Waals surface area contributed by atoms with Crippen LogP contribution in [0.3, 0.4) is 0 Å². The molecule has 7 nitrogen and oxygen atoms in total. The molecule has 0 radical (unpaired) electrons. The molecule has 1 unspecified atom stereocenters. The summed E-state index contributed by atoms with van der Waals surface area (Å²) in [7, 11) is 1.34. The molecule has 0 aliphatic carbocycles. The Morgan fingerprint density at radius 2 is 2.20 bits per heavy atom. The van der Waals surface area contributed by atoms with Crippen molar-refractivity contribution in [1.29, 1.82) is 0 Å². The number of carbonyl (C=O) groups is 2. The fourth-order valence-electron chi connectivity index (χ4n) is 3.00. The minimum absolute atomic E-state index is 0.271. The van der Waals surface area contributed by atoms with Gasteiger partial charge in [-0.15, -0.1) is 0 Å². The number of anilines is 1. The molecule has 7 heteroatoms. The molecule has 0 saturated carbocycles. The Bertz CT molecular complexity index is 778. The van der Waals surface area contributed by atoms with Gasteiger partial charge in [-0.25, -0.2) is 4.79 Å². The molecule has 1 aromatic heterocycles. The number of rotatable bonds is 4. The average molecular weight is 342 g/mol. The first-order valence-corrected chi connectivity index (χ1v) is 8.34. The normalized spacial score (nSPS) is 17.1. The van der Waals surface area contributed by atoms with Gasteiger partial charge in [-0.1, -0.05) is 0 Å². The predicted molar refractivity (Wildman–Crippen MR) is 93.8 cm³/mol. The highest BCUT2D eigenvalue weighted by Gasteiger charge is 2.18. The molecular formula is C18H22N4O3. The number of carbonyl (C=O) groups excluding carboxylic acids is 2. The van der Waals surface area contributed by atoms with Gasteiger partial charge in [-0.3, -0.25) is 9.48 Å². The number of amides is 1. The summed E-state index contributed by atoms with van der Waals surface area (Å²) in [5, 5.41) is 10.6. The van der Waals surface area contributed by atoms with Crippen LogP contribution >= 0.6 is 0 Å². The van der Waals surface area contributed by atoms with Gasteiger partial charge in [0, 0.05) is 18.4 Å². The Balaban J connectivity index is 1.69. The van der Waals surface area contributed by atoms with Gasteiger partial charge < -0.3 is 15.4 Å². The second-order valence-electron chi connectivity index (χ2n) is 6.16. The fraction of sp³-hybridized carbons (Fsp3) is 0.389. The predicted octanol–water partition coefficient (Wildman–Crippen LogP) is 2.15. The first-order valence-electron chi connectivity index (χ1n) is 8.34. The average Bonchev–Trinajstić information content (AvgIpc) is 3.12. The van der Waals surface area contributed by atoms with Gasteiger partial charge in [-0.05, 0) is 56.1 Å². The van der Waals surface area contributed by atoms with Gasteiger partial charge in [0.1, 0.15) is 0 Å². The van der Waals surface area contributed by atoms with E-state index in [2.05, 4.69) is 15.7 Å². The molecule has 1 amide bonds. The molecule has 3 rings (SSSR count). The first-order chi connectivity index (χ1) is 12.1. The van der Waals surface area contributed by atoms with Crippen molar-refractivity contribution in [2.75, 3.05) is 25.5 Å². The number of nitrogens with zero attached hydrogens (tertiary/aromatic N) is 2. The van der Waals surface area contributed by atoms with Crippen molar-refractivity contribution >= 4 is 17.6 Å². The highest BCUT2D eigenvalue weighted by Crippen LogP contribution is 2.18. The number of esters is 1. The second-order valence-corrected chi connectivity index (χ2v) is 6.16. The maximum absolute atomic E-state index is 12.4. The van der Waals surface area contributed by atoms with Crippen LogP contribution in [0.4, 0.5) is 5.69 Å². The second kappa shape index (κ2) is 7.48. The fourth-order valence-corrected chi connectivity index (χ4v) is 3.00. The van der Waals surface area contributed by atoms with E-state index < -0.39 is 5.97 Å². The van der Waals surface area contributed by atoms with Crippen LogP contribution in [0.1, 0.15) is 45.3 Å². The van der Waals surface area contributed by atoms with E-state index in [0.717, 1.165) is 31.5 Å². The molecular weight excluding hydrogens is 320 g/mol. The van der Waals surface area contributed by atoms with Crippen molar-refractivity contribution in [2.45, 2.75) is 25.8 Å². The lowest BCUT2D eigenvalue weighted by molar-refractivity contribution is 0.0600. The molecule has 1 aromatic carbocycles. The molecule has 0 bridgehead atoms. The van der Waals surface area contributed by atoms with E-state index in [1.807, 2.05) is 10.9 Å². The van der Waals surface area contributed by atoms with E-state index in [1.54, 1.807) is 31.2 Å². The summed E-state index contributed by atoms with van der Waals surface area (Å²) in [4.78, 5) is 24.0. The van der Waals surface area contributed by atoms with Crippen LogP contribution in [0.2, 0.25) is 0 Å². The molecule has 0 spiro atoms. The highest BCUT2D eigenvalue weighted by atomic mass is 16.5. The highest BCUT2D eigenvalue weighted by molar-refractivity contribution is 6.03. The quantitative estimate of drug-likeness (QED) is 0.832. The molecule has 132 valence electrons. The van der Waals surface area contributed by atoms with E-state index >= 15 is 0 Å². The summed E-state index contributed by atoms with van der Waals surface area (Å²) in [5.74, 6) is -0.664. The molecule has 2 aromatic rings. The van der Waals surface area contributed by atoms with Crippen molar-refractivity contribution in [3.05, 3.63) is 47.3 Å². The zero-order valence-electron chi connectivity index (χ0n) is 14.4. The SMILES string of the molecule is COC(=O)c1ccc(NC(=O)c2ccn(C3CCCNC3)n2)cc1C. The monoisotopic (exact) mass is 342 g/mol. The van der Waals surface area contributed by atoms with Gasteiger partial charge in [-0.2, -0.15) is 5.10 Å². The Kier molecular flexibility index (Phi) is 5.14. The smallest absolute Gasteiger partial charge is 0.338 e. The van der Waals surface area contributed by atoms with Crippen molar-refractivity contribution < 1.29 is 14.3 Å². The number of benzene rings is 1. The minimum Gasteiger partial charge on any atom is -0.465 e. The minimum atomic E-state index is -0.393. The van der Waals surface area contributed by atoms with Crippen LogP contribution in [-0.2, 0) is 4.74 Å². The van der Waals surface area contributed by atoms with Crippen molar-refractivity contribution in [3.8, 4) is 0 Å². The zero-order valence-corrected chi connectivity index (χ0v) is 14.4. The number of aromatic nitrogens is 2. The summed E-state index contributed by atoms with van der Waals surface area (Å²) >= 11 is 0. The molecule has 1 fully saturated rings. The summed E-state index contributed by atoms with van der Waals surface area (Å²) in [6.45, 7) is 3.70. The molecule has 1 aliphatic heterocycles. The molecule has 25 heavy (non-hydrogen) atoms. The maximum Gasteiger partial charge on any atom is 0.338 e. The van der Waals surface area contributed by atoms with Gasteiger partial charge in [0.05, 0.1) is 18.7 Å². The van der Waals surface area contributed by atoms with Crippen LogP contribution in [0, 0.1) is 6.92 Å². The number of aryl methyl sites for hydroxylation is 1. The summed E-state index contributed by atoms with van der Waals surface area (Å²) in [6, 6.07) is 7.07. The Morgan fingerprint density at radius 1 is 1.36 bits per heavy atom. The van der Waals surface area contributed by atoms with Crippen LogP contribution in [0.25, 0.3) is 0 Å². The van der Waals surface area contributed by atoms with Gasteiger partial charge in [0.15, 0.2) is 5.69 Å². The van der Waals surface area contributed by atoms with E-state index in [0.29, 0.717) is 16.9 Å². The summed E-state index contributed by atoms with van der Waals surface area (Å²) < 4.78 is 6.58. The summed E-state index contributed by atoms with van der Waals surface area (Å²) in [6.07, 6.45) is 4.01. The lowest BCUT2D eigenvalue weighted by Crippen LogP contribution is -2.32. The summed E-state index contributed by atoms with van der Waals surface area (Å²) in [5.41, 5.74) is 2.21. The van der Waals surface area contributed by atoms with Crippen molar-refractivity contribution in [3.63, 3.8) is 0 Å². The number of ether oxygens (including phenoxy) is 1. The van der Waals surface area contributed by atoms with E-state index in [9.17, 15) is 9.59 Å². The third-order valence-corrected chi connectivity index (χ3v) is 4.38. The zero-order chi connectivity index (χ0) is 17.8. The lowest BCUT2D eigenvalue weighted by atomic mass is 10.1. The van der Waals surface area contributed by atoms with Crippen molar-refractivity contribution in [2.24, 2.45) is 0 Å². The number of hydrogen-bond donors (Lipinski definition) is 2. The van der Waals surface area contributed by atoms with Crippen LogP contribution in [-0.4, -0.2) is 41.9 Å². The Hall–Kier alpha value is -2.67. The number of hydrogen-bond acceptors (Lipinski definition) is 5. The van der Waals surface area contributed by atoms with E-state index in [4.69, 9.17) is 4.74 Å².